The third kappa shape index (κ3) is 29.2. The van der Waals surface area contributed by atoms with Crippen molar-refractivity contribution in [3.63, 3.8) is 0 Å². The van der Waals surface area contributed by atoms with Gasteiger partial charge in [-0.1, -0.05) is 12.5 Å². The minimum absolute atomic E-state index is 0.0301. The van der Waals surface area contributed by atoms with Crippen molar-refractivity contribution in [1.82, 2.24) is 62.7 Å². The number of aliphatic hydroxyl groups is 1. The number of aliphatic hydroxyl groups excluding tert-OH is 1. The Labute approximate surface area is 508 Å². The predicted octanol–water partition coefficient (Wildman–Crippen LogP) is -7.33. The highest BCUT2D eigenvalue weighted by Crippen LogP contribution is 2.20. The Morgan fingerprint density at radius 3 is 1.91 bits per heavy atom. The van der Waals surface area contributed by atoms with Gasteiger partial charge in [0, 0.05) is 44.5 Å². The van der Waals surface area contributed by atoms with Crippen molar-refractivity contribution < 1.29 is 53.1 Å². The molecule has 1 aromatic heterocycles. The number of nitrogens with one attached hydrogen (secondary N) is 10. The molecule has 0 saturated carbocycles. The Balaban J connectivity index is 2.36. The maximum Gasteiger partial charge on any atom is 0.268 e. The third-order valence-corrected chi connectivity index (χ3v) is 14.1. The number of aliphatic imine (C=N–C) groups is 1. The largest absolute Gasteiger partial charge is 0.389 e. The van der Waals surface area contributed by atoms with Crippen molar-refractivity contribution in [2.75, 3.05) is 65.4 Å². The molecule has 0 aliphatic carbocycles. The van der Waals surface area contributed by atoms with Crippen LogP contribution in [0.2, 0.25) is 0 Å². The van der Waals surface area contributed by atoms with Gasteiger partial charge in [0.1, 0.15) is 48.0 Å². The van der Waals surface area contributed by atoms with Gasteiger partial charge in [-0.15, -0.1) is 0 Å². The van der Waals surface area contributed by atoms with Crippen molar-refractivity contribution in [3.05, 3.63) is 30.0 Å². The van der Waals surface area contributed by atoms with Crippen LogP contribution in [0, 0.1) is 0 Å². The molecule has 2 rings (SSSR count). The molecule has 0 unspecified atom stereocenters. The van der Waals surface area contributed by atoms with E-state index in [0.717, 1.165) is 0 Å². The lowest BCUT2D eigenvalue weighted by Crippen LogP contribution is -2.61. The summed E-state index contributed by atoms with van der Waals surface area (Å²) >= 11 is 0. The van der Waals surface area contributed by atoms with E-state index in [0.29, 0.717) is 96.1 Å². The van der Waals surface area contributed by atoms with Gasteiger partial charge >= 0.3 is 0 Å². The van der Waals surface area contributed by atoms with Crippen LogP contribution in [0.1, 0.15) is 122 Å². The molecule has 2 heterocycles. The Kier molecular flexibility index (Phi) is 37.6. The first-order valence-electron chi connectivity index (χ1n) is 30.0. The number of aromatic amines is 1. The molecular formula is C54H100N22O11. The predicted molar refractivity (Wildman–Crippen MR) is 325 cm³/mol. The zero-order chi connectivity index (χ0) is 64.7. The average Bonchev–Trinajstić information content (AvgIpc) is 2.85. The topological polar surface area (TPSA) is 578 Å². The quantitative estimate of drug-likeness (QED) is 0.0125. The maximum atomic E-state index is 14.6. The summed E-state index contributed by atoms with van der Waals surface area (Å²) in [6.07, 6.45) is 8.85. The molecule has 9 atom stereocenters. The Bertz CT molecular complexity index is 2360. The smallest absolute Gasteiger partial charge is 0.268 e. The van der Waals surface area contributed by atoms with Gasteiger partial charge in [-0.25, -0.2) is 4.98 Å². The number of amides is 10. The van der Waals surface area contributed by atoms with Crippen molar-refractivity contribution in [2.45, 2.75) is 177 Å². The van der Waals surface area contributed by atoms with E-state index < -0.39 is 127 Å². The minimum Gasteiger partial charge on any atom is -0.389 e. The summed E-state index contributed by atoms with van der Waals surface area (Å²) in [7, 11) is 0. The van der Waals surface area contributed by atoms with Gasteiger partial charge in [0.05, 0.1) is 25.0 Å². The molecule has 1 saturated heterocycles. The van der Waals surface area contributed by atoms with Crippen LogP contribution in [0.5, 0.6) is 0 Å². The lowest BCUT2D eigenvalue weighted by molar-refractivity contribution is -0.146. The highest BCUT2D eigenvalue weighted by Gasteiger charge is 2.39. The summed E-state index contributed by atoms with van der Waals surface area (Å²) < 4.78 is 0. The van der Waals surface area contributed by atoms with Crippen molar-refractivity contribution in [3.8, 4) is 0 Å². The Hall–Kier alpha value is -7.40. The van der Waals surface area contributed by atoms with E-state index in [9.17, 15) is 53.1 Å². The van der Waals surface area contributed by atoms with Crippen LogP contribution in [0.25, 0.3) is 0 Å². The van der Waals surface area contributed by atoms with E-state index in [1.165, 1.54) is 30.4 Å². The summed E-state index contributed by atoms with van der Waals surface area (Å²) in [5.41, 5.74) is 51.3. The summed E-state index contributed by atoms with van der Waals surface area (Å²) in [4.78, 5) is 150. The Morgan fingerprint density at radius 2 is 1.30 bits per heavy atom. The molecule has 0 bridgehead atoms. The number of unbranched alkanes of at least 4 members (excludes halogenated alkanes) is 4. The number of carbonyl (C=O) groups excluding carboxylic acids is 10. The molecule has 1 aromatic rings. The monoisotopic (exact) mass is 1230 g/mol. The van der Waals surface area contributed by atoms with Gasteiger partial charge < -0.3 is 114 Å². The van der Waals surface area contributed by atoms with Gasteiger partial charge in [-0.3, -0.25) is 52.9 Å². The number of hydrogen-bond acceptors (Lipinski definition) is 20. The molecule has 0 radical (unpaired) electrons. The van der Waals surface area contributed by atoms with E-state index in [1.54, 1.807) is 0 Å². The summed E-state index contributed by atoms with van der Waals surface area (Å²) in [6, 6.07) is -9.99. The highest BCUT2D eigenvalue weighted by molar-refractivity contribution is 6.02. The van der Waals surface area contributed by atoms with Crippen molar-refractivity contribution in [1.29, 1.82) is 0 Å². The fraction of sp³-hybridized carbons (Fsp3) is 0.704. The van der Waals surface area contributed by atoms with E-state index in [4.69, 9.17) is 51.6 Å². The summed E-state index contributed by atoms with van der Waals surface area (Å²) in [5, 5.41) is 33.9. The molecule has 0 aromatic carbocycles. The van der Waals surface area contributed by atoms with Crippen LogP contribution in [-0.4, -0.2) is 205 Å². The second-order valence-corrected chi connectivity index (χ2v) is 21.2. The van der Waals surface area contributed by atoms with Crippen LogP contribution in [0.4, 0.5) is 0 Å². The number of imidazole rings is 1. The van der Waals surface area contributed by atoms with Gasteiger partial charge in [-0.05, 0) is 142 Å². The van der Waals surface area contributed by atoms with Crippen LogP contribution in [0.15, 0.2) is 29.3 Å². The lowest BCUT2D eigenvalue weighted by atomic mass is 9.98. The zero-order valence-electron chi connectivity index (χ0n) is 50.3. The molecule has 33 heteroatoms. The normalized spacial score (nSPS) is 16.0. The minimum atomic E-state index is -1.57. The molecule has 1 aliphatic heterocycles. The number of rotatable bonds is 44. The molecule has 0 spiro atoms. The molecule has 10 amide bonds. The number of H-pyrrole nitrogens is 1. The third-order valence-electron chi connectivity index (χ3n) is 14.1. The van der Waals surface area contributed by atoms with E-state index in [2.05, 4.69) is 62.8 Å². The average molecular weight is 1230 g/mol. The van der Waals surface area contributed by atoms with Crippen molar-refractivity contribution >= 4 is 65.0 Å². The molecular weight excluding hydrogens is 1130 g/mol. The number of aromatic nitrogens is 2. The van der Waals surface area contributed by atoms with E-state index in [-0.39, 0.29) is 89.2 Å². The number of likely N-dealkylation sites (tertiary alicyclic amines) is 1. The Morgan fingerprint density at radius 1 is 0.678 bits per heavy atom. The number of carbonyl (C=O) groups is 10. The number of hydrogen-bond donors (Lipinski definition) is 20. The fourth-order valence-corrected chi connectivity index (χ4v) is 9.11. The van der Waals surface area contributed by atoms with Gasteiger partial charge in [0.25, 0.3) is 5.91 Å². The number of piperidine rings is 1. The SMILES string of the molecule is C[C@H](NC(=O)[C@@H](NC(=O)[C@@H](N)CCCCN)[C@@H](O)CN)C(=O)NCC(=O)N[C@H](CCCN)C(=O)N1CCCC[C@H]1C(=O)N[C@@H](Cc1cnc[nH]1)C(=O)N[C@@H](CCCCN)C(=O)N/C(=C\CCN=C(N)N)C(=O)N[C@@H](CCCCN)C(=O)NCCCCN. The van der Waals surface area contributed by atoms with E-state index >= 15 is 0 Å². The maximum absolute atomic E-state index is 14.6. The van der Waals surface area contributed by atoms with Crippen molar-refractivity contribution in [2.24, 2.45) is 56.6 Å². The van der Waals surface area contributed by atoms with Crippen LogP contribution >= 0.6 is 0 Å². The van der Waals surface area contributed by atoms with Crippen LogP contribution in [-0.2, 0) is 54.4 Å². The molecule has 1 aliphatic rings. The van der Waals surface area contributed by atoms with Crippen LogP contribution in [0.3, 0.4) is 0 Å². The van der Waals surface area contributed by atoms with Crippen LogP contribution < -0.4 is 99.5 Å². The summed E-state index contributed by atoms with van der Waals surface area (Å²) in [6.45, 7) is 2.22. The fourth-order valence-electron chi connectivity index (χ4n) is 9.11. The first-order chi connectivity index (χ1) is 41.7. The second kappa shape index (κ2) is 43.3. The highest BCUT2D eigenvalue weighted by atomic mass is 16.3. The van der Waals surface area contributed by atoms with Gasteiger partial charge in [0.15, 0.2) is 5.96 Å². The molecule has 492 valence electrons. The summed E-state index contributed by atoms with van der Waals surface area (Å²) in [5.74, 6) is -7.80. The molecule has 33 nitrogen and oxygen atoms in total. The number of nitrogens with two attached hydrogens (primary N) is 9. The molecule has 87 heavy (non-hydrogen) atoms. The standard InChI is InChI=1S/C54H100N22O11/c1-33(69-52(86)44(42(77)29-60)75-46(80)35(61)14-2-6-20-55)45(79)67-31-43(78)70-39(17-12-24-59)53(87)76-27-11-5-19-41(76)51(85)74-40(28-34-30-64-32-68-34)50(84)73-37(16-4-8-22-57)48(82)72-38(18-13-26-66-54(62)63)49(83)71-36(15-3-7-21-56)47(81)65-25-10-9-23-58/h18,30,32-33,35-37,39-42,44,77H,2-17,19-29,31,55-61H2,1H3,(H,64,68)(H,65,81)(H,67,79)(H,69,86)(H,70,78)(H,71,83)(H,72,82)(H,73,84)(H,74,85)(H,75,80)(H4,62,63,66)/b38-18-/t33-,35-,36-,37-,39+,40-,41-,42-,44-/m0/s1. The molecule has 29 N–H and O–H groups in total. The first kappa shape index (κ1) is 75.7. The zero-order valence-corrected chi connectivity index (χ0v) is 50.3. The number of nitrogens with zero attached hydrogens (tertiary/aromatic N) is 3. The molecule has 1 fully saturated rings. The van der Waals surface area contributed by atoms with E-state index in [1.807, 2.05) is 0 Å². The van der Waals surface area contributed by atoms with Gasteiger partial charge in [-0.2, -0.15) is 0 Å². The lowest BCUT2D eigenvalue weighted by Gasteiger charge is -2.37. The first-order valence-corrected chi connectivity index (χ1v) is 30.0. The van der Waals surface area contributed by atoms with Gasteiger partial charge in [0.2, 0.25) is 53.2 Å². The second-order valence-electron chi connectivity index (χ2n) is 21.2. The number of guanidine groups is 1.